The lowest BCUT2D eigenvalue weighted by atomic mass is 10.1. The van der Waals surface area contributed by atoms with E-state index in [0.29, 0.717) is 6.42 Å². The summed E-state index contributed by atoms with van der Waals surface area (Å²) >= 11 is 0. The van der Waals surface area contributed by atoms with Gasteiger partial charge in [-0.05, 0) is 39.0 Å². The van der Waals surface area contributed by atoms with Gasteiger partial charge in [-0.1, -0.05) is 0 Å². The second kappa shape index (κ2) is 6.41. The zero-order valence-corrected chi connectivity index (χ0v) is 12.3. The van der Waals surface area contributed by atoms with Crippen LogP contribution in [0.15, 0.2) is 24.4 Å². The second-order valence-electron chi connectivity index (χ2n) is 4.99. The summed E-state index contributed by atoms with van der Waals surface area (Å²) in [6, 6.07) is 6.13. The van der Waals surface area contributed by atoms with E-state index in [1.165, 1.54) is 0 Å². The lowest BCUT2D eigenvalue weighted by Crippen LogP contribution is -2.34. The molecule has 20 heavy (non-hydrogen) atoms. The zero-order valence-electron chi connectivity index (χ0n) is 12.3. The van der Waals surface area contributed by atoms with E-state index >= 15 is 0 Å². The summed E-state index contributed by atoms with van der Waals surface area (Å²) in [5.41, 5.74) is 2.03. The summed E-state index contributed by atoms with van der Waals surface area (Å²) in [7, 11) is 0. The molecule has 108 valence electrons. The number of benzene rings is 1. The monoisotopic (exact) mass is 274 g/mol. The number of aromatic nitrogens is 2. The molecule has 0 saturated heterocycles. The van der Waals surface area contributed by atoms with Crippen molar-refractivity contribution in [1.29, 1.82) is 0 Å². The summed E-state index contributed by atoms with van der Waals surface area (Å²) in [5, 5.41) is 11.4. The second-order valence-corrected chi connectivity index (χ2v) is 4.99. The molecule has 1 heterocycles. The molecule has 1 amide bonds. The fourth-order valence-corrected chi connectivity index (χ4v) is 2.34. The van der Waals surface area contributed by atoms with E-state index < -0.39 is 0 Å². The topological polar surface area (TPSA) is 61.0 Å². The van der Waals surface area contributed by atoms with Gasteiger partial charge >= 0.3 is 0 Å². The number of anilines is 1. The molecule has 2 rings (SSSR count). The summed E-state index contributed by atoms with van der Waals surface area (Å²) in [4.78, 5) is 13.9. The standard InChI is InChI=1S/C15H22N4O/c1-4-19(5-2)15(20)8-11(3)17-13-6-7-14-12(9-13)10-16-18-14/h6-7,9-11,17H,4-5,8H2,1-3H3,(H,16,18)/t11-/m1/s1. The number of hydrogen-bond acceptors (Lipinski definition) is 3. The number of amides is 1. The van der Waals surface area contributed by atoms with Crippen LogP contribution in [0.25, 0.3) is 10.9 Å². The molecular formula is C15H22N4O. The van der Waals surface area contributed by atoms with Crippen LogP contribution in [0.2, 0.25) is 0 Å². The van der Waals surface area contributed by atoms with Gasteiger partial charge in [0, 0.05) is 36.6 Å². The molecule has 1 aromatic carbocycles. The Morgan fingerprint density at radius 3 is 2.85 bits per heavy atom. The lowest BCUT2D eigenvalue weighted by Gasteiger charge is -2.22. The molecule has 0 bridgehead atoms. The Morgan fingerprint density at radius 1 is 1.40 bits per heavy atom. The van der Waals surface area contributed by atoms with Gasteiger partial charge < -0.3 is 10.2 Å². The molecule has 0 radical (unpaired) electrons. The maximum atomic E-state index is 12.0. The highest BCUT2D eigenvalue weighted by atomic mass is 16.2. The van der Waals surface area contributed by atoms with Gasteiger partial charge in [0.2, 0.25) is 5.91 Å². The fraction of sp³-hybridized carbons (Fsp3) is 0.467. The summed E-state index contributed by atoms with van der Waals surface area (Å²) in [6.07, 6.45) is 2.30. The molecule has 0 aliphatic carbocycles. The van der Waals surface area contributed by atoms with E-state index in [1.54, 1.807) is 6.20 Å². The molecule has 5 heteroatoms. The molecule has 1 aromatic heterocycles. The van der Waals surface area contributed by atoms with Crippen molar-refractivity contribution in [3.8, 4) is 0 Å². The Balaban J connectivity index is 1.96. The number of H-pyrrole nitrogens is 1. The van der Waals surface area contributed by atoms with Crippen molar-refractivity contribution in [1.82, 2.24) is 15.1 Å². The highest BCUT2D eigenvalue weighted by Crippen LogP contribution is 2.18. The van der Waals surface area contributed by atoms with Crippen LogP contribution in [0.5, 0.6) is 0 Å². The lowest BCUT2D eigenvalue weighted by molar-refractivity contribution is -0.130. The zero-order chi connectivity index (χ0) is 14.5. The normalized spacial score (nSPS) is 12.3. The molecule has 5 nitrogen and oxygen atoms in total. The van der Waals surface area contributed by atoms with Gasteiger partial charge in [0.25, 0.3) is 0 Å². The van der Waals surface area contributed by atoms with E-state index in [-0.39, 0.29) is 11.9 Å². The number of nitrogens with zero attached hydrogens (tertiary/aromatic N) is 2. The van der Waals surface area contributed by atoms with E-state index in [4.69, 9.17) is 0 Å². The van der Waals surface area contributed by atoms with E-state index in [1.807, 2.05) is 43.9 Å². The van der Waals surface area contributed by atoms with Gasteiger partial charge in [-0.25, -0.2) is 0 Å². The Hall–Kier alpha value is -2.04. The van der Waals surface area contributed by atoms with Crippen molar-refractivity contribution < 1.29 is 4.79 Å². The molecular weight excluding hydrogens is 252 g/mol. The average Bonchev–Trinajstić information content (AvgIpc) is 2.87. The van der Waals surface area contributed by atoms with Crippen LogP contribution >= 0.6 is 0 Å². The van der Waals surface area contributed by atoms with Crippen molar-refractivity contribution in [3.63, 3.8) is 0 Å². The van der Waals surface area contributed by atoms with Gasteiger partial charge in [0.1, 0.15) is 0 Å². The van der Waals surface area contributed by atoms with Crippen molar-refractivity contribution >= 4 is 22.5 Å². The van der Waals surface area contributed by atoms with Crippen LogP contribution in [0.3, 0.4) is 0 Å². The minimum Gasteiger partial charge on any atom is -0.382 e. The summed E-state index contributed by atoms with van der Waals surface area (Å²) in [6.45, 7) is 7.58. The van der Waals surface area contributed by atoms with Crippen molar-refractivity contribution in [2.75, 3.05) is 18.4 Å². The van der Waals surface area contributed by atoms with E-state index in [0.717, 1.165) is 29.7 Å². The number of hydrogen-bond donors (Lipinski definition) is 2. The first-order valence-corrected chi connectivity index (χ1v) is 7.11. The Morgan fingerprint density at radius 2 is 2.15 bits per heavy atom. The number of carbonyl (C=O) groups excluding carboxylic acids is 1. The van der Waals surface area contributed by atoms with Gasteiger partial charge in [-0.3, -0.25) is 9.89 Å². The molecule has 2 aromatic rings. The first-order chi connectivity index (χ1) is 9.63. The molecule has 2 N–H and O–H groups in total. The third-order valence-corrected chi connectivity index (χ3v) is 3.45. The highest BCUT2D eigenvalue weighted by molar-refractivity contribution is 5.82. The maximum Gasteiger partial charge on any atom is 0.224 e. The minimum absolute atomic E-state index is 0.104. The van der Waals surface area contributed by atoms with Crippen LogP contribution in [-0.2, 0) is 4.79 Å². The molecule has 0 aliphatic heterocycles. The molecule has 0 aliphatic rings. The van der Waals surface area contributed by atoms with E-state index in [2.05, 4.69) is 15.5 Å². The summed E-state index contributed by atoms with van der Waals surface area (Å²) in [5.74, 6) is 0.194. The van der Waals surface area contributed by atoms with Crippen LogP contribution in [0, 0.1) is 0 Å². The molecule has 0 spiro atoms. The summed E-state index contributed by atoms with van der Waals surface area (Å²) < 4.78 is 0. The first-order valence-electron chi connectivity index (χ1n) is 7.11. The molecule has 0 fully saturated rings. The Kier molecular flexibility index (Phi) is 4.61. The Labute approximate surface area is 119 Å². The van der Waals surface area contributed by atoms with Crippen LogP contribution in [0.4, 0.5) is 5.69 Å². The number of aromatic amines is 1. The molecule has 0 saturated carbocycles. The Bertz CT molecular complexity index is 574. The van der Waals surface area contributed by atoms with Gasteiger partial charge in [0.15, 0.2) is 0 Å². The van der Waals surface area contributed by atoms with E-state index in [9.17, 15) is 4.79 Å². The average molecular weight is 274 g/mol. The van der Waals surface area contributed by atoms with Crippen molar-refractivity contribution in [2.24, 2.45) is 0 Å². The predicted molar refractivity (Wildman–Crippen MR) is 81.7 cm³/mol. The van der Waals surface area contributed by atoms with Crippen molar-refractivity contribution in [3.05, 3.63) is 24.4 Å². The largest absolute Gasteiger partial charge is 0.382 e. The van der Waals surface area contributed by atoms with Gasteiger partial charge in [0.05, 0.1) is 11.7 Å². The fourth-order valence-electron chi connectivity index (χ4n) is 2.34. The smallest absolute Gasteiger partial charge is 0.224 e. The quantitative estimate of drug-likeness (QED) is 0.851. The molecule has 1 atom stereocenters. The van der Waals surface area contributed by atoms with Crippen LogP contribution < -0.4 is 5.32 Å². The number of rotatable bonds is 6. The maximum absolute atomic E-state index is 12.0. The first kappa shape index (κ1) is 14.4. The number of fused-ring (bicyclic) bond motifs is 1. The highest BCUT2D eigenvalue weighted by Gasteiger charge is 2.14. The number of carbonyl (C=O) groups is 1. The molecule has 0 unspecified atom stereocenters. The minimum atomic E-state index is 0.104. The van der Waals surface area contributed by atoms with Gasteiger partial charge in [-0.15, -0.1) is 0 Å². The van der Waals surface area contributed by atoms with Gasteiger partial charge in [-0.2, -0.15) is 5.10 Å². The van der Waals surface area contributed by atoms with Crippen molar-refractivity contribution in [2.45, 2.75) is 33.2 Å². The third-order valence-electron chi connectivity index (χ3n) is 3.45. The van der Waals surface area contributed by atoms with Crippen LogP contribution in [0.1, 0.15) is 27.2 Å². The predicted octanol–water partition coefficient (Wildman–Crippen LogP) is 2.62. The third kappa shape index (κ3) is 3.29. The SMILES string of the molecule is CCN(CC)C(=O)C[C@@H](C)Nc1ccc2[nH]ncc2c1. The number of nitrogens with one attached hydrogen (secondary N) is 2. The van der Waals surface area contributed by atoms with Crippen LogP contribution in [-0.4, -0.2) is 40.1 Å².